The normalized spacial score (nSPS) is 17.4. The molecule has 1 atom stereocenters. The Bertz CT molecular complexity index is 1360. The van der Waals surface area contributed by atoms with Gasteiger partial charge in [0.05, 0.1) is 30.5 Å². The van der Waals surface area contributed by atoms with Crippen LogP contribution in [-0.2, 0) is 21.4 Å². The van der Waals surface area contributed by atoms with Gasteiger partial charge in [-0.25, -0.2) is 4.98 Å². The number of aromatic nitrogens is 2. The first-order valence-corrected chi connectivity index (χ1v) is 14.4. The van der Waals surface area contributed by atoms with E-state index in [2.05, 4.69) is 20.2 Å². The molecule has 1 aliphatic carbocycles. The Hall–Kier alpha value is -4.14. The van der Waals surface area contributed by atoms with Gasteiger partial charge in [0.2, 0.25) is 5.91 Å². The van der Waals surface area contributed by atoms with E-state index in [0.29, 0.717) is 24.6 Å². The van der Waals surface area contributed by atoms with Gasteiger partial charge in [0, 0.05) is 13.0 Å². The number of nitrogens with zero attached hydrogens (tertiary/aromatic N) is 3. The van der Waals surface area contributed by atoms with Crippen LogP contribution < -0.4 is 19.7 Å². The van der Waals surface area contributed by atoms with Gasteiger partial charge < -0.3 is 24.8 Å². The van der Waals surface area contributed by atoms with E-state index in [0.717, 1.165) is 54.9 Å². The number of nitrogens with one attached hydrogen (secondary N) is 1. The minimum atomic E-state index is -0.964. The van der Waals surface area contributed by atoms with Gasteiger partial charge in [-0.3, -0.25) is 14.6 Å². The summed E-state index contributed by atoms with van der Waals surface area (Å²) in [4.78, 5) is 35.3. The van der Waals surface area contributed by atoms with Crippen LogP contribution in [0.15, 0.2) is 60.9 Å². The van der Waals surface area contributed by atoms with Gasteiger partial charge in [0.15, 0.2) is 17.3 Å². The maximum absolute atomic E-state index is 12.7. The van der Waals surface area contributed by atoms with Gasteiger partial charge in [0.25, 0.3) is 0 Å². The van der Waals surface area contributed by atoms with Crippen LogP contribution in [-0.4, -0.2) is 52.2 Å². The number of hydrogen-bond donors (Lipinski definition) is 2. The molecule has 9 heteroatoms. The lowest BCUT2D eigenvalue weighted by Crippen LogP contribution is -2.41. The van der Waals surface area contributed by atoms with Crippen molar-refractivity contribution in [2.45, 2.75) is 76.4 Å². The van der Waals surface area contributed by atoms with Crippen molar-refractivity contribution >= 4 is 23.5 Å². The third-order valence-corrected chi connectivity index (χ3v) is 7.93. The summed E-state index contributed by atoms with van der Waals surface area (Å²) in [5, 5.41) is 12.3. The lowest BCUT2D eigenvalue weighted by Gasteiger charge is -2.34. The summed E-state index contributed by atoms with van der Waals surface area (Å²) >= 11 is 0. The molecule has 2 fully saturated rings. The zero-order valence-electron chi connectivity index (χ0n) is 23.7. The van der Waals surface area contributed by atoms with Crippen molar-refractivity contribution < 1.29 is 24.2 Å². The Labute approximate surface area is 240 Å². The first-order chi connectivity index (χ1) is 19.8. The standard InChI is InChI=1S/C32H38N4O5/c1-32(2,31(38)39)23-15-12-22(13-16-23)14-17-30(37)35-28-19-33-20-29(34-28)36-18-6-9-25(21-36)41-27-11-4-3-10-26(27)40-24-7-5-8-24/h3-4,10-13,15-16,19-20,24-25H,5-9,14,17-18,21H2,1-2H3,(H,38,39)(H,34,35,37). The highest BCUT2D eigenvalue weighted by molar-refractivity contribution is 5.89. The number of carboxylic acid groups (broad SMARTS) is 1. The lowest BCUT2D eigenvalue weighted by molar-refractivity contribution is -0.142. The molecule has 1 saturated carbocycles. The van der Waals surface area contributed by atoms with Crippen molar-refractivity contribution in [3.05, 3.63) is 72.1 Å². The molecule has 9 nitrogen and oxygen atoms in total. The minimum absolute atomic E-state index is 0.0117. The highest BCUT2D eigenvalue weighted by Gasteiger charge is 2.29. The molecule has 1 saturated heterocycles. The van der Waals surface area contributed by atoms with Crippen molar-refractivity contribution in [1.82, 2.24) is 9.97 Å². The average Bonchev–Trinajstić information content (AvgIpc) is 2.95. The Morgan fingerprint density at radius 3 is 2.32 bits per heavy atom. The van der Waals surface area contributed by atoms with E-state index >= 15 is 0 Å². The van der Waals surface area contributed by atoms with E-state index in [9.17, 15) is 14.7 Å². The molecular weight excluding hydrogens is 520 g/mol. The summed E-state index contributed by atoms with van der Waals surface area (Å²) in [5.74, 6) is 1.66. The van der Waals surface area contributed by atoms with Crippen molar-refractivity contribution in [2.75, 3.05) is 23.3 Å². The number of ether oxygens (including phenoxy) is 2. The summed E-state index contributed by atoms with van der Waals surface area (Å²) in [6.45, 7) is 4.85. The number of rotatable bonds is 11. The quantitative estimate of drug-likeness (QED) is 0.322. The number of carbonyl (C=O) groups is 2. The van der Waals surface area contributed by atoms with Gasteiger partial charge in [0.1, 0.15) is 11.9 Å². The molecule has 2 aliphatic rings. The number of carbonyl (C=O) groups excluding carboxylic acids is 1. The number of carboxylic acids is 1. The number of para-hydroxylation sites is 2. The molecule has 0 spiro atoms. The van der Waals surface area contributed by atoms with Crippen molar-refractivity contribution in [1.29, 1.82) is 0 Å². The molecule has 2 heterocycles. The maximum Gasteiger partial charge on any atom is 0.313 e. The maximum atomic E-state index is 12.7. The van der Waals surface area contributed by atoms with Crippen LogP contribution in [0, 0.1) is 0 Å². The Kier molecular flexibility index (Phi) is 8.71. The molecular formula is C32H38N4O5. The third-order valence-electron chi connectivity index (χ3n) is 7.93. The van der Waals surface area contributed by atoms with Crippen molar-refractivity contribution in [3.8, 4) is 11.5 Å². The molecule has 0 radical (unpaired) electrons. The number of amides is 1. The van der Waals surface area contributed by atoms with E-state index < -0.39 is 11.4 Å². The number of hydrogen-bond acceptors (Lipinski definition) is 7. The van der Waals surface area contributed by atoms with E-state index in [1.807, 2.05) is 48.5 Å². The molecule has 216 valence electrons. The fourth-order valence-corrected chi connectivity index (χ4v) is 4.98. The summed E-state index contributed by atoms with van der Waals surface area (Å²) < 4.78 is 12.5. The molecule has 41 heavy (non-hydrogen) atoms. The van der Waals surface area contributed by atoms with Crippen molar-refractivity contribution in [3.63, 3.8) is 0 Å². The second kappa shape index (κ2) is 12.6. The number of anilines is 2. The zero-order chi connectivity index (χ0) is 28.8. The molecule has 1 aliphatic heterocycles. The van der Waals surface area contributed by atoms with Crippen LogP contribution in [0.2, 0.25) is 0 Å². The number of aryl methyl sites for hydroxylation is 1. The van der Waals surface area contributed by atoms with E-state index in [1.165, 1.54) is 6.42 Å². The van der Waals surface area contributed by atoms with E-state index in [1.54, 1.807) is 26.2 Å². The lowest BCUT2D eigenvalue weighted by atomic mass is 9.84. The monoisotopic (exact) mass is 558 g/mol. The molecule has 1 amide bonds. The van der Waals surface area contributed by atoms with Gasteiger partial charge >= 0.3 is 5.97 Å². The van der Waals surface area contributed by atoms with Crippen LogP contribution in [0.1, 0.15) is 63.5 Å². The molecule has 1 aromatic heterocycles. The molecule has 2 N–H and O–H groups in total. The van der Waals surface area contributed by atoms with Gasteiger partial charge in [-0.2, -0.15) is 0 Å². The first-order valence-electron chi connectivity index (χ1n) is 14.4. The SMILES string of the molecule is CC(C)(C(=O)O)c1ccc(CCC(=O)Nc2cncc(N3CCCC(Oc4ccccc4OC4CCC4)C3)n2)cc1. The highest BCUT2D eigenvalue weighted by Crippen LogP contribution is 2.34. The Morgan fingerprint density at radius 2 is 1.66 bits per heavy atom. The van der Waals surface area contributed by atoms with Crippen LogP contribution in [0.5, 0.6) is 11.5 Å². The number of aliphatic carboxylic acids is 1. The van der Waals surface area contributed by atoms with Crippen molar-refractivity contribution in [2.24, 2.45) is 0 Å². The van der Waals surface area contributed by atoms with Crippen LogP contribution in [0.3, 0.4) is 0 Å². The molecule has 2 aromatic carbocycles. The van der Waals surface area contributed by atoms with Gasteiger partial charge in [-0.05, 0) is 75.6 Å². The largest absolute Gasteiger partial charge is 0.487 e. The number of piperidine rings is 1. The molecule has 5 rings (SSSR count). The van der Waals surface area contributed by atoms with E-state index in [-0.39, 0.29) is 24.5 Å². The van der Waals surface area contributed by atoms with Gasteiger partial charge in [-0.15, -0.1) is 0 Å². The summed E-state index contributed by atoms with van der Waals surface area (Å²) in [6.07, 6.45) is 9.64. The Balaban J connectivity index is 1.14. The fourth-order valence-electron chi connectivity index (χ4n) is 4.98. The molecule has 0 bridgehead atoms. The second-order valence-corrected chi connectivity index (χ2v) is 11.4. The predicted molar refractivity (Wildman–Crippen MR) is 157 cm³/mol. The van der Waals surface area contributed by atoms with Gasteiger partial charge in [-0.1, -0.05) is 36.4 Å². The zero-order valence-corrected chi connectivity index (χ0v) is 23.7. The second-order valence-electron chi connectivity index (χ2n) is 11.4. The highest BCUT2D eigenvalue weighted by atomic mass is 16.5. The minimum Gasteiger partial charge on any atom is -0.487 e. The average molecular weight is 559 g/mol. The molecule has 3 aromatic rings. The topological polar surface area (TPSA) is 114 Å². The van der Waals surface area contributed by atoms with Crippen LogP contribution in [0.25, 0.3) is 0 Å². The summed E-state index contributed by atoms with van der Waals surface area (Å²) in [5.41, 5.74) is 0.722. The predicted octanol–water partition coefficient (Wildman–Crippen LogP) is 5.39. The summed E-state index contributed by atoms with van der Waals surface area (Å²) in [6, 6.07) is 15.3. The third kappa shape index (κ3) is 7.14. The van der Waals surface area contributed by atoms with Crippen LogP contribution >= 0.6 is 0 Å². The first kappa shape index (κ1) is 28.4. The molecule has 1 unspecified atom stereocenters. The number of benzene rings is 2. The van der Waals surface area contributed by atoms with Crippen LogP contribution in [0.4, 0.5) is 11.6 Å². The summed E-state index contributed by atoms with van der Waals surface area (Å²) in [7, 11) is 0. The fraction of sp³-hybridized carbons (Fsp3) is 0.438. The van der Waals surface area contributed by atoms with E-state index in [4.69, 9.17) is 9.47 Å². The smallest absolute Gasteiger partial charge is 0.313 e. The Morgan fingerprint density at radius 1 is 0.976 bits per heavy atom.